The van der Waals surface area contributed by atoms with Gasteiger partial charge in [-0.25, -0.2) is 0 Å². The maximum Gasteiger partial charge on any atom is 0.305 e. The van der Waals surface area contributed by atoms with Crippen LogP contribution < -0.4 is 5.32 Å². The van der Waals surface area contributed by atoms with Crippen molar-refractivity contribution >= 4 is 17.8 Å². The SMILES string of the molecule is C=CCNC(=O)c1ccccc1-c1ccccc1C(=O)N(CCC(=O)O)C(C)CCc1ccccc1. The molecule has 0 aliphatic rings. The van der Waals surface area contributed by atoms with Gasteiger partial charge in [-0.15, -0.1) is 6.58 Å². The Balaban J connectivity index is 1.94. The van der Waals surface area contributed by atoms with Crippen LogP contribution in [0.4, 0.5) is 0 Å². The molecule has 6 nitrogen and oxygen atoms in total. The Labute approximate surface area is 212 Å². The van der Waals surface area contributed by atoms with Gasteiger partial charge in [0.25, 0.3) is 11.8 Å². The number of aliphatic carboxylic acids is 1. The molecule has 0 radical (unpaired) electrons. The normalized spacial score (nSPS) is 11.4. The van der Waals surface area contributed by atoms with Crippen LogP contribution in [0.25, 0.3) is 11.1 Å². The molecule has 0 fully saturated rings. The fourth-order valence-corrected chi connectivity index (χ4v) is 4.15. The molecule has 3 aromatic carbocycles. The largest absolute Gasteiger partial charge is 0.481 e. The summed E-state index contributed by atoms with van der Waals surface area (Å²) >= 11 is 0. The van der Waals surface area contributed by atoms with Gasteiger partial charge in [-0.1, -0.05) is 72.8 Å². The highest BCUT2D eigenvalue weighted by molar-refractivity contribution is 6.06. The van der Waals surface area contributed by atoms with Crippen molar-refractivity contribution < 1.29 is 19.5 Å². The van der Waals surface area contributed by atoms with Gasteiger partial charge in [0.1, 0.15) is 0 Å². The number of carbonyl (C=O) groups excluding carboxylic acids is 2. The quantitative estimate of drug-likeness (QED) is 0.346. The van der Waals surface area contributed by atoms with Crippen molar-refractivity contribution in [1.29, 1.82) is 0 Å². The van der Waals surface area contributed by atoms with Gasteiger partial charge in [0.05, 0.1) is 6.42 Å². The Morgan fingerprint density at radius 1 is 0.917 bits per heavy atom. The minimum atomic E-state index is -0.958. The molecule has 0 saturated heterocycles. The monoisotopic (exact) mass is 484 g/mol. The van der Waals surface area contributed by atoms with Crippen molar-refractivity contribution in [3.05, 3.63) is 108 Å². The van der Waals surface area contributed by atoms with E-state index in [9.17, 15) is 19.5 Å². The summed E-state index contributed by atoms with van der Waals surface area (Å²) in [4.78, 5) is 39.7. The molecule has 1 atom stereocenters. The number of carboxylic acids is 1. The third kappa shape index (κ3) is 6.92. The first-order valence-electron chi connectivity index (χ1n) is 12.1. The predicted octanol–water partition coefficient (Wildman–Crippen LogP) is 5.21. The number of hydrogen-bond donors (Lipinski definition) is 2. The first kappa shape index (κ1) is 26.4. The Morgan fingerprint density at radius 2 is 1.50 bits per heavy atom. The smallest absolute Gasteiger partial charge is 0.305 e. The lowest BCUT2D eigenvalue weighted by Gasteiger charge is -2.30. The van der Waals surface area contributed by atoms with E-state index in [-0.39, 0.29) is 30.8 Å². The van der Waals surface area contributed by atoms with Crippen molar-refractivity contribution in [2.75, 3.05) is 13.1 Å². The van der Waals surface area contributed by atoms with E-state index in [1.54, 1.807) is 35.2 Å². The van der Waals surface area contributed by atoms with Crippen molar-refractivity contribution in [1.82, 2.24) is 10.2 Å². The molecule has 0 spiro atoms. The average Bonchev–Trinajstić information content (AvgIpc) is 2.91. The van der Waals surface area contributed by atoms with E-state index in [1.165, 1.54) is 0 Å². The number of carbonyl (C=O) groups is 3. The molecule has 1 unspecified atom stereocenters. The Kier molecular flexibility index (Phi) is 9.57. The third-order valence-corrected chi connectivity index (χ3v) is 6.08. The summed E-state index contributed by atoms with van der Waals surface area (Å²) in [6, 6.07) is 24.1. The lowest BCUT2D eigenvalue weighted by molar-refractivity contribution is -0.137. The molecule has 2 amide bonds. The molecule has 0 aliphatic carbocycles. The van der Waals surface area contributed by atoms with Crippen LogP contribution in [0.5, 0.6) is 0 Å². The molecule has 0 heterocycles. The number of carboxylic acid groups (broad SMARTS) is 1. The van der Waals surface area contributed by atoms with E-state index in [4.69, 9.17) is 0 Å². The van der Waals surface area contributed by atoms with Gasteiger partial charge in [-0.3, -0.25) is 14.4 Å². The van der Waals surface area contributed by atoms with Crippen LogP contribution in [0, 0.1) is 0 Å². The zero-order valence-electron chi connectivity index (χ0n) is 20.5. The van der Waals surface area contributed by atoms with Crippen molar-refractivity contribution in [2.45, 2.75) is 32.2 Å². The summed E-state index contributed by atoms with van der Waals surface area (Å²) < 4.78 is 0. The highest BCUT2D eigenvalue weighted by Crippen LogP contribution is 2.29. The first-order valence-corrected chi connectivity index (χ1v) is 12.1. The minimum absolute atomic E-state index is 0.0971. The van der Waals surface area contributed by atoms with E-state index in [2.05, 4.69) is 11.9 Å². The molecule has 36 heavy (non-hydrogen) atoms. The Bertz CT molecular complexity index is 1210. The average molecular weight is 485 g/mol. The van der Waals surface area contributed by atoms with Gasteiger partial charge < -0.3 is 15.3 Å². The van der Waals surface area contributed by atoms with Gasteiger partial charge >= 0.3 is 5.97 Å². The molecule has 6 heteroatoms. The number of rotatable bonds is 12. The van der Waals surface area contributed by atoms with Gasteiger partial charge in [0, 0.05) is 30.3 Å². The van der Waals surface area contributed by atoms with E-state index in [0.29, 0.717) is 35.2 Å². The number of aryl methyl sites for hydroxylation is 1. The van der Waals surface area contributed by atoms with Crippen LogP contribution in [0.1, 0.15) is 46.0 Å². The van der Waals surface area contributed by atoms with E-state index < -0.39 is 5.97 Å². The fraction of sp³-hybridized carbons (Fsp3) is 0.233. The topological polar surface area (TPSA) is 86.7 Å². The number of benzene rings is 3. The summed E-state index contributed by atoms with van der Waals surface area (Å²) in [5.41, 5.74) is 3.31. The fourth-order valence-electron chi connectivity index (χ4n) is 4.15. The van der Waals surface area contributed by atoms with Gasteiger partial charge in [-0.05, 0) is 48.6 Å². The second-order valence-corrected chi connectivity index (χ2v) is 8.61. The number of nitrogens with zero attached hydrogens (tertiary/aromatic N) is 1. The summed E-state index contributed by atoms with van der Waals surface area (Å²) in [7, 11) is 0. The van der Waals surface area contributed by atoms with Gasteiger partial charge in [-0.2, -0.15) is 0 Å². The first-order chi connectivity index (χ1) is 17.4. The molecule has 0 bridgehead atoms. The molecule has 0 aromatic heterocycles. The van der Waals surface area contributed by atoms with E-state index >= 15 is 0 Å². The third-order valence-electron chi connectivity index (χ3n) is 6.08. The molecule has 0 saturated carbocycles. The molecular formula is C30H32N2O4. The molecule has 2 N–H and O–H groups in total. The summed E-state index contributed by atoms with van der Waals surface area (Å²) in [5, 5.41) is 12.1. The lowest BCUT2D eigenvalue weighted by Crippen LogP contribution is -2.40. The number of nitrogens with one attached hydrogen (secondary N) is 1. The second-order valence-electron chi connectivity index (χ2n) is 8.61. The van der Waals surface area contributed by atoms with Crippen molar-refractivity contribution in [3.63, 3.8) is 0 Å². The van der Waals surface area contributed by atoms with E-state index in [1.807, 2.05) is 61.5 Å². The zero-order valence-corrected chi connectivity index (χ0v) is 20.5. The highest BCUT2D eigenvalue weighted by Gasteiger charge is 2.25. The summed E-state index contributed by atoms with van der Waals surface area (Å²) in [5.74, 6) is -1.47. The van der Waals surface area contributed by atoms with Crippen LogP contribution >= 0.6 is 0 Å². The van der Waals surface area contributed by atoms with Gasteiger partial charge in [0.2, 0.25) is 0 Å². The van der Waals surface area contributed by atoms with Crippen molar-refractivity contribution in [2.24, 2.45) is 0 Å². The van der Waals surface area contributed by atoms with E-state index in [0.717, 1.165) is 12.0 Å². The number of amides is 2. The highest BCUT2D eigenvalue weighted by atomic mass is 16.4. The second kappa shape index (κ2) is 13.0. The molecule has 0 aliphatic heterocycles. The van der Waals surface area contributed by atoms with Crippen LogP contribution in [-0.4, -0.2) is 46.9 Å². The standard InChI is InChI=1S/C30H32N2O4/c1-3-20-31-29(35)26-15-9-7-13-24(26)25-14-8-10-16-27(25)30(36)32(21-19-28(33)34)22(2)17-18-23-11-5-4-6-12-23/h3-16,22H,1,17-21H2,2H3,(H,31,35)(H,33,34). The molecular weight excluding hydrogens is 452 g/mol. The van der Waals surface area contributed by atoms with Crippen LogP contribution in [-0.2, 0) is 11.2 Å². The summed E-state index contributed by atoms with van der Waals surface area (Å²) in [6.07, 6.45) is 2.92. The van der Waals surface area contributed by atoms with Crippen LogP contribution in [0.2, 0.25) is 0 Å². The van der Waals surface area contributed by atoms with Crippen molar-refractivity contribution in [3.8, 4) is 11.1 Å². The van der Waals surface area contributed by atoms with Crippen LogP contribution in [0.3, 0.4) is 0 Å². The number of hydrogen-bond acceptors (Lipinski definition) is 3. The van der Waals surface area contributed by atoms with Crippen LogP contribution in [0.15, 0.2) is 91.5 Å². The molecule has 3 aromatic rings. The Hall–Kier alpha value is -4.19. The van der Waals surface area contributed by atoms with Gasteiger partial charge in [0.15, 0.2) is 0 Å². The zero-order chi connectivity index (χ0) is 25.9. The maximum absolute atomic E-state index is 13.9. The molecule has 186 valence electrons. The predicted molar refractivity (Wildman–Crippen MR) is 142 cm³/mol. The lowest BCUT2D eigenvalue weighted by atomic mass is 9.93. The maximum atomic E-state index is 13.9. The molecule has 3 rings (SSSR count). The minimum Gasteiger partial charge on any atom is -0.481 e. The summed E-state index contributed by atoms with van der Waals surface area (Å²) in [6.45, 7) is 6.01. The Morgan fingerprint density at radius 3 is 2.14 bits per heavy atom.